The molecule has 112 valence electrons. The lowest BCUT2D eigenvalue weighted by molar-refractivity contribution is 0.262. The lowest BCUT2D eigenvalue weighted by atomic mass is 10.2. The molecule has 4 rings (SSSR count). The second kappa shape index (κ2) is 5.14. The van der Waals surface area contributed by atoms with Gasteiger partial charge in [0.2, 0.25) is 0 Å². The zero-order chi connectivity index (χ0) is 15.1. The highest BCUT2D eigenvalue weighted by Gasteiger charge is 2.27. The number of hydrogen-bond acceptors (Lipinski definition) is 3. The zero-order valence-corrected chi connectivity index (χ0v) is 13.0. The van der Waals surface area contributed by atoms with E-state index < -0.39 is 0 Å². The van der Waals surface area contributed by atoms with E-state index >= 15 is 0 Å². The SMILES string of the molecule is Cn1nc(C2CC2)cc1NC(=O)Nc1csc2ccccc12. The molecule has 22 heavy (non-hydrogen) atoms. The van der Waals surface area contributed by atoms with Gasteiger partial charge in [0.1, 0.15) is 5.82 Å². The molecule has 1 aliphatic rings. The van der Waals surface area contributed by atoms with Crippen LogP contribution in [0.5, 0.6) is 0 Å². The van der Waals surface area contributed by atoms with Crippen LogP contribution in [0.1, 0.15) is 24.5 Å². The van der Waals surface area contributed by atoms with Crippen molar-refractivity contribution < 1.29 is 4.79 Å². The maximum atomic E-state index is 12.2. The summed E-state index contributed by atoms with van der Waals surface area (Å²) in [6.45, 7) is 0. The Kier molecular flexibility index (Phi) is 3.11. The van der Waals surface area contributed by atoms with Crippen molar-refractivity contribution in [3.63, 3.8) is 0 Å². The summed E-state index contributed by atoms with van der Waals surface area (Å²) in [5.74, 6) is 1.30. The van der Waals surface area contributed by atoms with Crippen LogP contribution in [0.4, 0.5) is 16.3 Å². The molecule has 1 fully saturated rings. The molecule has 1 aliphatic carbocycles. The topological polar surface area (TPSA) is 59.0 Å². The summed E-state index contributed by atoms with van der Waals surface area (Å²) in [6.07, 6.45) is 2.40. The molecule has 0 spiro atoms. The number of carbonyl (C=O) groups is 1. The lowest BCUT2D eigenvalue weighted by Gasteiger charge is -2.06. The number of urea groups is 1. The van der Waals surface area contributed by atoms with Gasteiger partial charge in [-0.05, 0) is 18.9 Å². The molecule has 3 aromatic rings. The van der Waals surface area contributed by atoms with Crippen molar-refractivity contribution in [2.45, 2.75) is 18.8 Å². The Hall–Kier alpha value is -2.34. The second-order valence-corrected chi connectivity index (χ2v) is 6.49. The minimum Gasteiger partial charge on any atom is -0.306 e. The van der Waals surface area contributed by atoms with E-state index in [4.69, 9.17) is 0 Å². The Balaban J connectivity index is 1.50. The average molecular weight is 312 g/mol. The van der Waals surface area contributed by atoms with Gasteiger partial charge in [0, 0.05) is 34.5 Å². The molecule has 0 aliphatic heterocycles. The van der Waals surface area contributed by atoms with E-state index in [1.807, 2.05) is 42.8 Å². The molecule has 0 atom stereocenters. The summed E-state index contributed by atoms with van der Waals surface area (Å²) >= 11 is 1.62. The third kappa shape index (κ3) is 2.46. The molecule has 0 bridgehead atoms. The van der Waals surface area contributed by atoms with Crippen LogP contribution in [0.3, 0.4) is 0 Å². The predicted octanol–water partition coefficient (Wildman–Crippen LogP) is 4.16. The number of carbonyl (C=O) groups excluding carboxylic acids is 1. The van der Waals surface area contributed by atoms with Gasteiger partial charge < -0.3 is 5.32 Å². The lowest BCUT2D eigenvalue weighted by Crippen LogP contribution is -2.20. The van der Waals surface area contributed by atoms with Crippen molar-refractivity contribution in [2.75, 3.05) is 10.6 Å². The predicted molar refractivity (Wildman–Crippen MR) is 89.6 cm³/mol. The van der Waals surface area contributed by atoms with Crippen molar-refractivity contribution in [1.82, 2.24) is 9.78 Å². The first kappa shape index (κ1) is 13.3. The molecule has 2 N–H and O–H groups in total. The van der Waals surface area contributed by atoms with Gasteiger partial charge in [0.15, 0.2) is 0 Å². The molecule has 2 aromatic heterocycles. The van der Waals surface area contributed by atoms with Crippen molar-refractivity contribution in [1.29, 1.82) is 0 Å². The summed E-state index contributed by atoms with van der Waals surface area (Å²) in [5.41, 5.74) is 1.90. The first-order valence-electron chi connectivity index (χ1n) is 7.29. The van der Waals surface area contributed by atoms with Crippen LogP contribution in [0, 0.1) is 0 Å². The van der Waals surface area contributed by atoms with Gasteiger partial charge in [-0.25, -0.2) is 4.79 Å². The Morgan fingerprint density at radius 3 is 2.95 bits per heavy atom. The molecule has 0 radical (unpaired) electrons. The molecule has 1 saturated carbocycles. The normalized spacial score (nSPS) is 14.2. The Morgan fingerprint density at radius 2 is 2.14 bits per heavy atom. The van der Waals surface area contributed by atoms with E-state index in [-0.39, 0.29) is 6.03 Å². The van der Waals surface area contributed by atoms with E-state index in [1.165, 1.54) is 12.8 Å². The highest BCUT2D eigenvalue weighted by Crippen LogP contribution is 2.40. The maximum absolute atomic E-state index is 12.2. The van der Waals surface area contributed by atoms with Crippen LogP contribution >= 0.6 is 11.3 Å². The summed E-state index contributed by atoms with van der Waals surface area (Å²) < 4.78 is 2.88. The standard InChI is InChI=1S/C16H16N4OS/c1-20-15(8-12(19-20)10-6-7-10)18-16(21)17-13-9-22-14-5-3-2-4-11(13)14/h2-5,8-10H,6-7H2,1H3,(H2,17,18,21). The summed E-state index contributed by atoms with van der Waals surface area (Å²) in [7, 11) is 1.85. The number of hydrogen-bond donors (Lipinski definition) is 2. The number of aryl methyl sites for hydroxylation is 1. The Labute approximate surface area is 131 Å². The minimum absolute atomic E-state index is 0.242. The van der Waals surface area contributed by atoms with Gasteiger partial charge >= 0.3 is 6.03 Å². The number of rotatable bonds is 3. The highest BCUT2D eigenvalue weighted by molar-refractivity contribution is 7.17. The maximum Gasteiger partial charge on any atom is 0.324 e. The molecule has 0 saturated heterocycles. The van der Waals surface area contributed by atoms with E-state index in [1.54, 1.807) is 16.0 Å². The number of fused-ring (bicyclic) bond motifs is 1. The molecular weight excluding hydrogens is 296 g/mol. The molecule has 0 unspecified atom stereocenters. The van der Waals surface area contributed by atoms with Gasteiger partial charge in [-0.15, -0.1) is 11.3 Å². The average Bonchev–Trinajstić information content (AvgIpc) is 3.20. The van der Waals surface area contributed by atoms with Crippen LogP contribution in [0.25, 0.3) is 10.1 Å². The van der Waals surface area contributed by atoms with Crippen molar-refractivity contribution >= 4 is 39.0 Å². The summed E-state index contributed by atoms with van der Waals surface area (Å²) in [4.78, 5) is 12.2. The van der Waals surface area contributed by atoms with Crippen LogP contribution < -0.4 is 10.6 Å². The number of benzene rings is 1. The molecule has 6 heteroatoms. The Bertz CT molecular complexity index is 847. The fourth-order valence-corrected chi connectivity index (χ4v) is 3.42. The van der Waals surface area contributed by atoms with Crippen molar-refractivity contribution in [3.05, 3.63) is 41.4 Å². The highest BCUT2D eigenvalue weighted by atomic mass is 32.1. The fraction of sp³-hybridized carbons (Fsp3) is 0.250. The van der Waals surface area contributed by atoms with Gasteiger partial charge in [0.25, 0.3) is 0 Å². The van der Waals surface area contributed by atoms with E-state index in [2.05, 4.69) is 15.7 Å². The molecule has 2 amide bonds. The van der Waals surface area contributed by atoms with Crippen LogP contribution in [-0.4, -0.2) is 15.8 Å². The molecule has 2 heterocycles. The van der Waals surface area contributed by atoms with Gasteiger partial charge in [-0.1, -0.05) is 18.2 Å². The quantitative estimate of drug-likeness (QED) is 0.763. The van der Waals surface area contributed by atoms with Gasteiger partial charge in [-0.2, -0.15) is 5.10 Å². The number of nitrogens with one attached hydrogen (secondary N) is 2. The number of aromatic nitrogens is 2. The number of anilines is 2. The first-order chi connectivity index (χ1) is 10.7. The van der Waals surface area contributed by atoms with Crippen LogP contribution in [0.2, 0.25) is 0 Å². The fourth-order valence-electron chi connectivity index (χ4n) is 2.53. The van der Waals surface area contributed by atoms with Gasteiger partial charge in [-0.3, -0.25) is 10.00 Å². The largest absolute Gasteiger partial charge is 0.324 e. The summed E-state index contributed by atoms with van der Waals surface area (Å²) in [5, 5.41) is 13.3. The minimum atomic E-state index is -0.242. The monoisotopic (exact) mass is 312 g/mol. The third-order valence-electron chi connectivity index (χ3n) is 3.87. The summed E-state index contributed by atoms with van der Waals surface area (Å²) in [6, 6.07) is 9.75. The van der Waals surface area contributed by atoms with Crippen molar-refractivity contribution in [2.24, 2.45) is 7.05 Å². The second-order valence-electron chi connectivity index (χ2n) is 5.58. The van der Waals surface area contributed by atoms with E-state index in [0.29, 0.717) is 5.92 Å². The number of nitrogens with zero attached hydrogens (tertiary/aromatic N) is 2. The zero-order valence-electron chi connectivity index (χ0n) is 12.2. The van der Waals surface area contributed by atoms with Crippen LogP contribution in [0.15, 0.2) is 35.7 Å². The molecule has 5 nitrogen and oxygen atoms in total. The first-order valence-corrected chi connectivity index (χ1v) is 8.17. The number of amides is 2. The van der Waals surface area contributed by atoms with Gasteiger partial charge in [0.05, 0.1) is 11.4 Å². The molecule has 1 aromatic carbocycles. The van der Waals surface area contributed by atoms with E-state index in [9.17, 15) is 4.79 Å². The van der Waals surface area contributed by atoms with E-state index in [0.717, 1.165) is 27.3 Å². The third-order valence-corrected chi connectivity index (χ3v) is 4.83. The smallest absolute Gasteiger partial charge is 0.306 e. The number of thiophene rings is 1. The molecular formula is C16H16N4OS. The van der Waals surface area contributed by atoms with Crippen molar-refractivity contribution in [3.8, 4) is 0 Å². The van der Waals surface area contributed by atoms with Crippen LogP contribution in [-0.2, 0) is 7.05 Å². The Morgan fingerprint density at radius 1 is 1.32 bits per heavy atom.